The lowest BCUT2D eigenvalue weighted by molar-refractivity contribution is -0.152. The maximum atomic E-state index is 12.2. The minimum Gasteiger partial charge on any atom is -0.467 e. The lowest BCUT2D eigenvalue weighted by Crippen LogP contribution is -2.59. The minimum absolute atomic E-state index is 0. The molecular weight excluding hydrogens is 304 g/mol. The first kappa shape index (κ1) is 18.5. The highest BCUT2D eigenvalue weighted by molar-refractivity contribution is 5.88. The predicted molar refractivity (Wildman–Crippen MR) is 87.0 cm³/mol. The van der Waals surface area contributed by atoms with Gasteiger partial charge in [0.05, 0.1) is 7.11 Å². The molecule has 1 heterocycles. The van der Waals surface area contributed by atoms with E-state index in [0.717, 1.165) is 5.56 Å². The third kappa shape index (κ3) is 4.71. The summed E-state index contributed by atoms with van der Waals surface area (Å²) in [6, 6.07) is 9.85. The highest BCUT2D eigenvalue weighted by atomic mass is 35.5. The molecule has 0 spiro atoms. The molecule has 0 aromatic heterocycles. The molecule has 1 aliphatic heterocycles. The molecule has 2 rings (SSSR count). The molecule has 122 valence electrons. The average Bonchev–Trinajstić information content (AvgIpc) is 2.54. The van der Waals surface area contributed by atoms with Gasteiger partial charge >= 0.3 is 5.97 Å². The monoisotopic (exact) mass is 326 g/mol. The first-order valence-corrected chi connectivity index (χ1v) is 7.30. The number of hydrogen-bond donors (Lipinski definition) is 2. The van der Waals surface area contributed by atoms with Crippen LogP contribution >= 0.6 is 12.4 Å². The molecule has 1 aromatic rings. The molecule has 6 heteroatoms. The first-order valence-electron chi connectivity index (χ1n) is 7.30. The van der Waals surface area contributed by atoms with Crippen LogP contribution in [0.15, 0.2) is 30.3 Å². The Morgan fingerprint density at radius 3 is 2.45 bits per heavy atom. The third-order valence-corrected chi connectivity index (χ3v) is 3.90. The summed E-state index contributed by atoms with van der Waals surface area (Å²) in [6.07, 6.45) is 2.17. The molecule has 0 radical (unpaired) electrons. The Labute approximate surface area is 137 Å². The molecule has 2 N–H and O–H groups in total. The van der Waals surface area contributed by atoms with Gasteiger partial charge in [-0.2, -0.15) is 0 Å². The smallest absolute Gasteiger partial charge is 0.331 e. The summed E-state index contributed by atoms with van der Waals surface area (Å²) in [7, 11) is 1.36. The molecule has 1 aromatic carbocycles. The molecule has 1 saturated heterocycles. The van der Waals surface area contributed by atoms with E-state index in [1.54, 1.807) is 0 Å². The predicted octanol–water partition coefficient (Wildman–Crippen LogP) is 1.45. The van der Waals surface area contributed by atoms with E-state index in [1.165, 1.54) is 7.11 Å². The van der Waals surface area contributed by atoms with Gasteiger partial charge in [0.2, 0.25) is 5.91 Å². The van der Waals surface area contributed by atoms with Crippen LogP contribution in [0.4, 0.5) is 0 Å². The summed E-state index contributed by atoms with van der Waals surface area (Å²) < 4.78 is 4.88. The van der Waals surface area contributed by atoms with E-state index < -0.39 is 5.54 Å². The van der Waals surface area contributed by atoms with Gasteiger partial charge in [0.25, 0.3) is 0 Å². The van der Waals surface area contributed by atoms with Crippen molar-refractivity contribution in [1.29, 1.82) is 0 Å². The van der Waals surface area contributed by atoms with Crippen molar-refractivity contribution in [2.24, 2.45) is 0 Å². The first-order chi connectivity index (χ1) is 10.2. The Bertz CT molecular complexity index is 487. The number of nitrogens with one attached hydrogen (secondary N) is 2. The normalized spacial score (nSPS) is 16.2. The van der Waals surface area contributed by atoms with Gasteiger partial charge in [-0.05, 0) is 37.9 Å². The van der Waals surface area contributed by atoms with Gasteiger partial charge < -0.3 is 15.4 Å². The number of benzene rings is 1. The van der Waals surface area contributed by atoms with E-state index in [1.807, 2.05) is 30.3 Å². The van der Waals surface area contributed by atoms with Crippen molar-refractivity contribution >= 4 is 24.3 Å². The van der Waals surface area contributed by atoms with Crippen LogP contribution in [-0.2, 0) is 20.7 Å². The van der Waals surface area contributed by atoms with E-state index in [0.29, 0.717) is 38.8 Å². The van der Waals surface area contributed by atoms with Crippen molar-refractivity contribution in [2.45, 2.75) is 31.2 Å². The largest absolute Gasteiger partial charge is 0.467 e. The van der Waals surface area contributed by atoms with Crippen LogP contribution in [0, 0.1) is 0 Å². The maximum Gasteiger partial charge on any atom is 0.331 e. The number of amides is 1. The summed E-state index contributed by atoms with van der Waals surface area (Å²) in [5.41, 5.74) is 0.249. The van der Waals surface area contributed by atoms with Gasteiger partial charge in [-0.3, -0.25) is 4.79 Å². The number of ether oxygens (including phenoxy) is 1. The molecule has 0 saturated carbocycles. The standard InChI is InChI=1S/C16H22N2O3.ClH/c1-21-15(20)16(9-11-17-12-10-16)18-14(19)8-7-13-5-3-2-4-6-13;/h2-6,17H,7-12H2,1H3,(H,18,19);1H. The second kappa shape index (κ2) is 8.76. The molecule has 1 amide bonds. The number of halogens is 1. The molecule has 0 atom stereocenters. The van der Waals surface area contributed by atoms with Crippen LogP contribution in [-0.4, -0.2) is 37.6 Å². The van der Waals surface area contributed by atoms with Gasteiger partial charge in [-0.25, -0.2) is 4.79 Å². The van der Waals surface area contributed by atoms with Crippen molar-refractivity contribution < 1.29 is 14.3 Å². The fourth-order valence-corrected chi connectivity index (χ4v) is 2.66. The molecule has 1 aliphatic rings. The van der Waals surface area contributed by atoms with Crippen LogP contribution in [0.5, 0.6) is 0 Å². The number of rotatable bonds is 5. The zero-order valence-electron chi connectivity index (χ0n) is 12.8. The van der Waals surface area contributed by atoms with Crippen molar-refractivity contribution in [1.82, 2.24) is 10.6 Å². The average molecular weight is 327 g/mol. The van der Waals surface area contributed by atoms with Crippen molar-refractivity contribution in [2.75, 3.05) is 20.2 Å². The minimum atomic E-state index is -0.867. The Morgan fingerprint density at radius 2 is 1.86 bits per heavy atom. The molecule has 0 unspecified atom stereocenters. The van der Waals surface area contributed by atoms with Crippen LogP contribution in [0.2, 0.25) is 0 Å². The van der Waals surface area contributed by atoms with Crippen molar-refractivity contribution in [3.05, 3.63) is 35.9 Å². The fraction of sp³-hybridized carbons (Fsp3) is 0.500. The van der Waals surface area contributed by atoms with E-state index >= 15 is 0 Å². The quantitative estimate of drug-likeness (QED) is 0.804. The Balaban J connectivity index is 0.00000242. The zero-order chi connectivity index (χ0) is 15.1. The van der Waals surface area contributed by atoms with E-state index in [4.69, 9.17) is 4.74 Å². The Kier molecular flexibility index (Phi) is 7.35. The summed E-state index contributed by atoms with van der Waals surface area (Å²) in [5.74, 6) is -0.455. The summed E-state index contributed by atoms with van der Waals surface area (Å²) in [4.78, 5) is 24.2. The molecule has 0 aliphatic carbocycles. The number of methoxy groups -OCH3 is 1. The SMILES string of the molecule is COC(=O)C1(NC(=O)CCc2ccccc2)CCNCC1.Cl. The summed E-state index contributed by atoms with van der Waals surface area (Å²) >= 11 is 0. The van der Waals surface area contributed by atoms with Crippen LogP contribution < -0.4 is 10.6 Å². The topological polar surface area (TPSA) is 67.4 Å². The maximum absolute atomic E-state index is 12.2. The second-order valence-electron chi connectivity index (χ2n) is 5.36. The van der Waals surface area contributed by atoms with Crippen molar-refractivity contribution in [3.8, 4) is 0 Å². The zero-order valence-corrected chi connectivity index (χ0v) is 13.6. The van der Waals surface area contributed by atoms with E-state index in [9.17, 15) is 9.59 Å². The van der Waals surface area contributed by atoms with Crippen LogP contribution in [0.25, 0.3) is 0 Å². The molecule has 22 heavy (non-hydrogen) atoms. The lowest BCUT2D eigenvalue weighted by Gasteiger charge is -2.35. The van der Waals surface area contributed by atoms with E-state index in [2.05, 4.69) is 10.6 Å². The molecule has 0 bridgehead atoms. The number of aryl methyl sites for hydroxylation is 1. The summed E-state index contributed by atoms with van der Waals surface area (Å²) in [5, 5.41) is 6.09. The van der Waals surface area contributed by atoms with Gasteiger partial charge in [0, 0.05) is 6.42 Å². The number of carbonyl (C=O) groups is 2. The fourth-order valence-electron chi connectivity index (χ4n) is 2.66. The van der Waals surface area contributed by atoms with Crippen LogP contribution in [0.3, 0.4) is 0 Å². The summed E-state index contributed by atoms with van der Waals surface area (Å²) in [6.45, 7) is 1.40. The lowest BCUT2D eigenvalue weighted by atomic mass is 9.88. The van der Waals surface area contributed by atoms with Gasteiger partial charge in [0.1, 0.15) is 5.54 Å². The molecule has 1 fully saturated rings. The van der Waals surface area contributed by atoms with Crippen molar-refractivity contribution in [3.63, 3.8) is 0 Å². The number of esters is 1. The Morgan fingerprint density at radius 1 is 1.23 bits per heavy atom. The van der Waals surface area contributed by atoms with Crippen LogP contribution in [0.1, 0.15) is 24.8 Å². The van der Waals surface area contributed by atoms with Gasteiger partial charge in [-0.15, -0.1) is 12.4 Å². The number of piperidine rings is 1. The third-order valence-electron chi connectivity index (χ3n) is 3.90. The molecule has 5 nitrogen and oxygen atoms in total. The number of hydrogen-bond acceptors (Lipinski definition) is 4. The Hall–Kier alpha value is -1.59. The number of carbonyl (C=O) groups excluding carboxylic acids is 2. The highest BCUT2D eigenvalue weighted by Crippen LogP contribution is 2.20. The van der Waals surface area contributed by atoms with Gasteiger partial charge in [-0.1, -0.05) is 30.3 Å². The van der Waals surface area contributed by atoms with Gasteiger partial charge in [0.15, 0.2) is 0 Å². The van der Waals surface area contributed by atoms with E-state index in [-0.39, 0.29) is 24.3 Å². The molecular formula is C16H23ClN2O3. The highest BCUT2D eigenvalue weighted by Gasteiger charge is 2.41. The second-order valence-corrected chi connectivity index (χ2v) is 5.36.